The second-order valence-electron chi connectivity index (χ2n) is 0.639. The molecule has 0 nitrogen and oxygen atoms in total. The molecule has 0 saturated carbocycles. The van der Waals surface area contributed by atoms with Gasteiger partial charge in [-0.05, 0) is 0 Å². The third-order valence-corrected chi connectivity index (χ3v) is 0. The van der Waals surface area contributed by atoms with Gasteiger partial charge in [-0.3, -0.25) is 0 Å². The Bertz CT molecular complexity index is 41.3. The molecule has 7 heavy (non-hydrogen) atoms. The summed E-state index contributed by atoms with van der Waals surface area (Å²) in [6, 6.07) is 0. The van der Waals surface area contributed by atoms with Crippen LogP contribution < -0.4 is 0 Å². The quantitative estimate of drug-likeness (QED) is 0.349. The molecule has 0 saturated heterocycles. The van der Waals surface area contributed by atoms with E-state index in [0.717, 1.165) is 0 Å². The Morgan fingerprint density at radius 2 is 0.714 bits per heavy atom. The Morgan fingerprint density at radius 3 is 0.714 bits per heavy atom. The number of rotatable bonds is 0. The SMILES string of the molecule is P.[F][Sb]([F])([F])([F])[F]. The molecule has 0 aromatic heterocycles. The van der Waals surface area contributed by atoms with Crippen LogP contribution in [0.1, 0.15) is 0 Å². The summed E-state index contributed by atoms with van der Waals surface area (Å²) in [5.41, 5.74) is 0. The first-order valence-corrected chi connectivity index (χ1v) is 5.67. The summed E-state index contributed by atoms with van der Waals surface area (Å²) >= 11 is -9.19. The molecule has 0 bridgehead atoms. The third kappa shape index (κ3) is 205. The topological polar surface area (TPSA) is 0 Å². The zero-order chi connectivity index (χ0) is 5.45. The zero-order valence-corrected chi connectivity index (χ0v) is 7.01. The fourth-order valence-corrected chi connectivity index (χ4v) is 0. The van der Waals surface area contributed by atoms with Crippen molar-refractivity contribution in [3.8, 4) is 0 Å². The van der Waals surface area contributed by atoms with Crippen LogP contribution in [0.4, 0.5) is 14.1 Å². The molecular formula is H3F5PSb. The van der Waals surface area contributed by atoms with E-state index in [1.54, 1.807) is 0 Å². The Morgan fingerprint density at radius 1 is 0.714 bits per heavy atom. The minimum absolute atomic E-state index is 0. The van der Waals surface area contributed by atoms with E-state index in [2.05, 4.69) is 0 Å². The van der Waals surface area contributed by atoms with Crippen LogP contribution in [0.2, 0.25) is 0 Å². The van der Waals surface area contributed by atoms with Crippen molar-refractivity contribution in [1.82, 2.24) is 0 Å². The van der Waals surface area contributed by atoms with E-state index in [1.807, 2.05) is 0 Å². The van der Waals surface area contributed by atoms with Crippen LogP contribution in [0.5, 0.6) is 0 Å². The molecule has 0 aromatic carbocycles. The van der Waals surface area contributed by atoms with E-state index < -0.39 is 20.3 Å². The molecule has 0 amide bonds. The molecule has 0 rings (SSSR count). The summed E-state index contributed by atoms with van der Waals surface area (Å²) in [5, 5.41) is 0. The van der Waals surface area contributed by atoms with Gasteiger partial charge in [0.05, 0.1) is 0 Å². The summed E-state index contributed by atoms with van der Waals surface area (Å²) in [5.74, 6) is 0. The van der Waals surface area contributed by atoms with Gasteiger partial charge >= 0.3 is 34.4 Å². The average Bonchev–Trinajstić information content (AvgIpc) is 0.650. The molecule has 48 valence electrons. The molecule has 1 unspecified atom stereocenters. The predicted octanol–water partition coefficient (Wildman–Crippen LogP) is 1.78. The van der Waals surface area contributed by atoms with Crippen molar-refractivity contribution in [1.29, 1.82) is 0 Å². The predicted molar refractivity (Wildman–Crippen MR) is 22.4 cm³/mol. The molecule has 0 aliphatic carbocycles. The first-order valence-electron chi connectivity index (χ1n) is 0.845. The Kier molecular flexibility index (Phi) is 3.12. The number of hydrogen-bond acceptors (Lipinski definition) is 0. The van der Waals surface area contributed by atoms with Crippen molar-refractivity contribution in [3.05, 3.63) is 0 Å². The maximum atomic E-state index is 9.91. The molecule has 0 aromatic rings. The van der Waals surface area contributed by atoms with Crippen molar-refractivity contribution in [3.63, 3.8) is 0 Å². The van der Waals surface area contributed by atoms with Gasteiger partial charge in [-0.2, -0.15) is 9.90 Å². The summed E-state index contributed by atoms with van der Waals surface area (Å²) in [4.78, 5) is 0. The van der Waals surface area contributed by atoms with Crippen molar-refractivity contribution < 1.29 is 14.1 Å². The molecule has 7 heteroatoms. The fraction of sp³-hybridized carbons (Fsp3) is 0. The summed E-state index contributed by atoms with van der Waals surface area (Å²) in [6.45, 7) is 0. The van der Waals surface area contributed by atoms with Gasteiger partial charge in [-0.15, -0.1) is 0 Å². The zero-order valence-electron chi connectivity index (χ0n) is 3.04. The van der Waals surface area contributed by atoms with Crippen molar-refractivity contribution in [2.24, 2.45) is 0 Å². The average molecular weight is 251 g/mol. The van der Waals surface area contributed by atoms with Crippen LogP contribution in [-0.2, 0) is 0 Å². The van der Waals surface area contributed by atoms with E-state index in [4.69, 9.17) is 0 Å². The molecule has 0 fully saturated rings. The minimum atomic E-state index is -9.19. The van der Waals surface area contributed by atoms with E-state index in [-0.39, 0.29) is 9.90 Å². The normalized spacial score (nSPS) is 16.4. The molecule has 0 aliphatic heterocycles. The Labute approximate surface area is 44.7 Å². The van der Waals surface area contributed by atoms with E-state index in [9.17, 15) is 14.1 Å². The van der Waals surface area contributed by atoms with Crippen LogP contribution in [0.25, 0.3) is 0 Å². The van der Waals surface area contributed by atoms with Crippen LogP contribution in [0.3, 0.4) is 0 Å². The second kappa shape index (κ2) is 2.02. The van der Waals surface area contributed by atoms with E-state index in [0.29, 0.717) is 0 Å². The number of hydrogen-bond donors (Lipinski definition) is 0. The molecule has 0 heterocycles. The van der Waals surface area contributed by atoms with Crippen molar-refractivity contribution in [2.45, 2.75) is 0 Å². The molecule has 0 radical (unpaired) electrons. The van der Waals surface area contributed by atoms with Gasteiger partial charge in [-0.1, -0.05) is 0 Å². The van der Waals surface area contributed by atoms with E-state index >= 15 is 0 Å². The van der Waals surface area contributed by atoms with Crippen LogP contribution >= 0.6 is 9.90 Å². The van der Waals surface area contributed by atoms with Crippen LogP contribution in [-0.4, -0.2) is 20.3 Å². The van der Waals surface area contributed by atoms with Crippen molar-refractivity contribution in [2.75, 3.05) is 0 Å². The standard InChI is InChI=1S/5FH.H3P.Sb/h5*1H;1H3;/q;;;;;;+5/p-5. The first-order chi connectivity index (χ1) is 2.24. The first kappa shape index (κ1) is 10.8. The fourth-order valence-electron chi connectivity index (χ4n) is 0. The van der Waals surface area contributed by atoms with Gasteiger partial charge in [0.15, 0.2) is 0 Å². The molecular weight excluding hydrogens is 248 g/mol. The van der Waals surface area contributed by atoms with Crippen LogP contribution in [0.15, 0.2) is 0 Å². The Hall–Kier alpha value is 0.898. The molecule has 1 atom stereocenters. The Balaban J connectivity index is 0. The van der Waals surface area contributed by atoms with Gasteiger partial charge in [0.2, 0.25) is 0 Å². The van der Waals surface area contributed by atoms with Gasteiger partial charge in [0.1, 0.15) is 0 Å². The van der Waals surface area contributed by atoms with Gasteiger partial charge < -0.3 is 0 Å². The van der Waals surface area contributed by atoms with Crippen molar-refractivity contribution >= 4 is 30.2 Å². The third-order valence-electron chi connectivity index (χ3n) is 0. The molecule has 0 N–H and O–H groups in total. The van der Waals surface area contributed by atoms with Gasteiger partial charge in [0.25, 0.3) is 0 Å². The molecule has 0 aliphatic rings. The van der Waals surface area contributed by atoms with Gasteiger partial charge in [0, 0.05) is 0 Å². The summed E-state index contributed by atoms with van der Waals surface area (Å²) in [6.07, 6.45) is 0. The summed E-state index contributed by atoms with van der Waals surface area (Å²) < 4.78 is 49.6. The van der Waals surface area contributed by atoms with E-state index in [1.165, 1.54) is 0 Å². The monoisotopic (exact) mass is 250 g/mol. The van der Waals surface area contributed by atoms with Crippen LogP contribution in [0, 0.1) is 0 Å². The van der Waals surface area contributed by atoms with Gasteiger partial charge in [-0.25, -0.2) is 0 Å². The number of halogens is 5. The molecule has 0 spiro atoms. The second-order valence-corrected chi connectivity index (χ2v) is 4.29. The maximum absolute atomic E-state index is 9.91. The summed E-state index contributed by atoms with van der Waals surface area (Å²) in [7, 11) is 0.